The molecular weight excluding hydrogens is 354 g/mol. The molecule has 2 N–H and O–H groups in total. The van der Waals surface area contributed by atoms with Gasteiger partial charge in [0.1, 0.15) is 0 Å². The number of rotatable bonds is 6. The van der Waals surface area contributed by atoms with Crippen LogP contribution in [0.3, 0.4) is 0 Å². The Hall–Kier alpha value is -1.21. The number of hydrogen-bond donors (Lipinski definition) is 2. The van der Waals surface area contributed by atoms with E-state index in [1.165, 1.54) is 0 Å². The fraction of sp³-hybridized carbons (Fsp3) is 0.200. The molecule has 4 nitrogen and oxygen atoms in total. The Kier molecular flexibility index (Phi) is 5.52. The fourth-order valence-corrected chi connectivity index (χ4v) is 3.25. The number of hydrogen-bond acceptors (Lipinski definition) is 3. The Morgan fingerprint density at radius 2 is 1.67 bits per heavy atom. The van der Waals surface area contributed by atoms with Crippen LogP contribution in [0.25, 0.3) is 0 Å². The van der Waals surface area contributed by atoms with Crippen LogP contribution in [0.5, 0.6) is 0 Å². The molecule has 0 aliphatic rings. The van der Waals surface area contributed by atoms with Crippen molar-refractivity contribution >= 4 is 26.0 Å². The number of alkyl halides is 1. The molecule has 0 atom stereocenters. The van der Waals surface area contributed by atoms with E-state index in [9.17, 15) is 8.42 Å². The topological polar surface area (TPSA) is 66.4 Å². The van der Waals surface area contributed by atoms with Gasteiger partial charge in [0.05, 0.1) is 11.5 Å². The summed E-state index contributed by atoms with van der Waals surface area (Å²) in [5, 5.41) is 9.76. The van der Waals surface area contributed by atoms with Crippen molar-refractivity contribution in [1.82, 2.24) is 4.72 Å². The van der Waals surface area contributed by atoms with Crippen LogP contribution in [0.4, 0.5) is 0 Å². The zero-order chi connectivity index (χ0) is 15.3. The predicted octanol–water partition coefficient (Wildman–Crippen LogP) is 2.55. The second-order valence-electron chi connectivity index (χ2n) is 4.58. The van der Waals surface area contributed by atoms with Crippen molar-refractivity contribution < 1.29 is 13.5 Å². The van der Waals surface area contributed by atoms with Gasteiger partial charge in [-0.3, -0.25) is 0 Å². The van der Waals surface area contributed by atoms with Gasteiger partial charge in [0.2, 0.25) is 10.0 Å². The molecule has 0 heterocycles. The van der Waals surface area contributed by atoms with Gasteiger partial charge >= 0.3 is 0 Å². The summed E-state index contributed by atoms with van der Waals surface area (Å²) in [6.07, 6.45) is 0. The third-order valence-electron chi connectivity index (χ3n) is 3.03. The van der Waals surface area contributed by atoms with E-state index >= 15 is 0 Å². The zero-order valence-electron chi connectivity index (χ0n) is 11.3. The number of benzene rings is 2. The van der Waals surface area contributed by atoms with Crippen molar-refractivity contribution in [2.45, 2.75) is 23.4 Å². The van der Waals surface area contributed by atoms with Gasteiger partial charge in [-0.1, -0.05) is 52.3 Å². The van der Waals surface area contributed by atoms with E-state index in [0.29, 0.717) is 5.33 Å². The summed E-state index contributed by atoms with van der Waals surface area (Å²) in [7, 11) is -3.53. The zero-order valence-corrected chi connectivity index (χ0v) is 13.7. The molecular formula is C15H16BrNO3S. The second-order valence-corrected chi connectivity index (χ2v) is 6.91. The van der Waals surface area contributed by atoms with E-state index in [0.717, 1.165) is 16.7 Å². The molecule has 0 unspecified atom stereocenters. The highest BCUT2D eigenvalue weighted by atomic mass is 79.9. The van der Waals surface area contributed by atoms with Gasteiger partial charge in [-0.25, -0.2) is 13.1 Å². The summed E-state index contributed by atoms with van der Waals surface area (Å²) in [5.74, 6) is 0. The number of aliphatic hydroxyl groups excluding tert-OH is 1. The number of aliphatic hydroxyl groups is 1. The average Bonchev–Trinajstić information content (AvgIpc) is 2.53. The largest absolute Gasteiger partial charge is 0.392 e. The van der Waals surface area contributed by atoms with Gasteiger partial charge in [0.15, 0.2) is 0 Å². The minimum absolute atomic E-state index is 0.0609. The first-order valence-electron chi connectivity index (χ1n) is 6.38. The summed E-state index contributed by atoms with van der Waals surface area (Å²) in [4.78, 5) is 0.241. The minimum atomic E-state index is -3.53. The maximum absolute atomic E-state index is 12.2. The summed E-state index contributed by atoms with van der Waals surface area (Å²) >= 11 is 3.32. The van der Waals surface area contributed by atoms with Crippen LogP contribution in [-0.2, 0) is 28.5 Å². The standard InChI is InChI=1S/C15H16BrNO3S/c16-9-12-4-6-15(7-5-12)21(19,20)17-10-13-2-1-3-14(8-13)11-18/h1-8,17-18H,9-11H2. The number of halogens is 1. The van der Waals surface area contributed by atoms with E-state index in [1.54, 1.807) is 42.5 Å². The Bertz CT molecular complexity index is 699. The molecule has 0 radical (unpaired) electrons. The van der Waals surface area contributed by atoms with Crippen molar-refractivity contribution in [1.29, 1.82) is 0 Å². The molecule has 0 aliphatic carbocycles. The Morgan fingerprint density at radius 1 is 1.00 bits per heavy atom. The predicted molar refractivity (Wildman–Crippen MR) is 85.5 cm³/mol. The molecule has 0 fully saturated rings. The van der Waals surface area contributed by atoms with Crippen molar-refractivity contribution in [3.05, 3.63) is 65.2 Å². The van der Waals surface area contributed by atoms with Crippen LogP contribution in [0.15, 0.2) is 53.4 Å². The van der Waals surface area contributed by atoms with E-state index in [-0.39, 0.29) is 18.0 Å². The van der Waals surface area contributed by atoms with Gasteiger partial charge in [-0.2, -0.15) is 0 Å². The Morgan fingerprint density at radius 3 is 2.29 bits per heavy atom. The molecule has 2 aromatic rings. The summed E-state index contributed by atoms with van der Waals surface area (Å²) < 4.78 is 26.9. The maximum Gasteiger partial charge on any atom is 0.240 e. The Balaban J connectivity index is 2.09. The molecule has 6 heteroatoms. The van der Waals surface area contributed by atoms with Crippen LogP contribution in [-0.4, -0.2) is 13.5 Å². The molecule has 112 valence electrons. The van der Waals surface area contributed by atoms with Gasteiger partial charge in [-0.05, 0) is 28.8 Å². The van der Waals surface area contributed by atoms with Crippen molar-refractivity contribution in [2.75, 3.05) is 0 Å². The lowest BCUT2D eigenvalue weighted by Gasteiger charge is -2.08. The van der Waals surface area contributed by atoms with Crippen LogP contribution < -0.4 is 4.72 Å². The highest BCUT2D eigenvalue weighted by molar-refractivity contribution is 9.08. The lowest BCUT2D eigenvalue weighted by Crippen LogP contribution is -2.23. The summed E-state index contributed by atoms with van der Waals surface area (Å²) in [5.41, 5.74) is 2.58. The van der Waals surface area contributed by atoms with Gasteiger partial charge < -0.3 is 5.11 Å². The average molecular weight is 370 g/mol. The van der Waals surface area contributed by atoms with Crippen molar-refractivity contribution in [3.63, 3.8) is 0 Å². The van der Waals surface area contributed by atoms with Crippen molar-refractivity contribution in [3.8, 4) is 0 Å². The van der Waals surface area contributed by atoms with E-state index in [1.807, 2.05) is 6.07 Å². The molecule has 0 saturated heterocycles. The third kappa shape index (κ3) is 4.38. The highest BCUT2D eigenvalue weighted by Gasteiger charge is 2.13. The van der Waals surface area contributed by atoms with Crippen LogP contribution >= 0.6 is 15.9 Å². The first-order chi connectivity index (χ1) is 10.0. The summed E-state index contributed by atoms with van der Waals surface area (Å²) in [6.45, 7) is 0.130. The first kappa shape index (κ1) is 16.2. The highest BCUT2D eigenvalue weighted by Crippen LogP contribution is 2.13. The Labute approximate surface area is 133 Å². The number of nitrogens with one attached hydrogen (secondary N) is 1. The van der Waals surface area contributed by atoms with Gasteiger partial charge in [0, 0.05) is 11.9 Å². The lowest BCUT2D eigenvalue weighted by atomic mass is 10.1. The monoisotopic (exact) mass is 369 g/mol. The van der Waals surface area contributed by atoms with Crippen LogP contribution in [0, 0.1) is 0 Å². The minimum Gasteiger partial charge on any atom is -0.392 e. The van der Waals surface area contributed by atoms with E-state index in [2.05, 4.69) is 20.7 Å². The molecule has 0 spiro atoms. The first-order valence-corrected chi connectivity index (χ1v) is 8.99. The summed E-state index contributed by atoms with van der Waals surface area (Å²) in [6, 6.07) is 13.9. The van der Waals surface area contributed by atoms with E-state index < -0.39 is 10.0 Å². The quantitative estimate of drug-likeness (QED) is 0.768. The molecule has 0 saturated carbocycles. The van der Waals surface area contributed by atoms with Crippen molar-refractivity contribution in [2.24, 2.45) is 0 Å². The van der Waals surface area contributed by atoms with E-state index in [4.69, 9.17) is 5.11 Å². The molecule has 0 bridgehead atoms. The van der Waals surface area contributed by atoms with Gasteiger partial charge in [-0.15, -0.1) is 0 Å². The fourth-order valence-electron chi connectivity index (χ4n) is 1.86. The molecule has 2 aromatic carbocycles. The third-order valence-corrected chi connectivity index (χ3v) is 5.09. The normalized spacial score (nSPS) is 11.5. The number of sulfonamides is 1. The lowest BCUT2D eigenvalue weighted by molar-refractivity contribution is 0.281. The van der Waals surface area contributed by atoms with Crippen LogP contribution in [0.2, 0.25) is 0 Å². The van der Waals surface area contributed by atoms with Crippen LogP contribution in [0.1, 0.15) is 16.7 Å². The molecule has 21 heavy (non-hydrogen) atoms. The molecule has 2 rings (SSSR count). The second kappa shape index (κ2) is 7.17. The molecule has 0 aromatic heterocycles. The maximum atomic E-state index is 12.2. The molecule has 0 amide bonds. The molecule has 0 aliphatic heterocycles. The van der Waals surface area contributed by atoms with Gasteiger partial charge in [0.25, 0.3) is 0 Å². The smallest absolute Gasteiger partial charge is 0.240 e. The SMILES string of the molecule is O=S(=O)(NCc1cccc(CO)c1)c1ccc(CBr)cc1.